The van der Waals surface area contributed by atoms with Crippen molar-refractivity contribution in [3.63, 3.8) is 0 Å². The number of thiocarbonyl (C=S) groups is 1. The predicted molar refractivity (Wildman–Crippen MR) is 81.3 cm³/mol. The molecule has 0 aliphatic carbocycles. The minimum atomic E-state index is -1.37. The number of rotatable bonds is 3. The third-order valence-corrected chi connectivity index (χ3v) is 4.64. The first kappa shape index (κ1) is 15.3. The summed E-state index contributed by atoms with van der Waals surface area (Å²) in [5.74, 6) is -1.86. The lowest BCUT2D eigenvalue weighted by atomic mass is 10.2. The van der Waals surface area contributed by atoms with Crippen LogP contribution in [0.25, 0.3) is 6.08 Å². The van der Waals surface area contributed by atoms with Gasteiger partial charge in [-0.25, -0.2) is 0 Å². The Hall–Kier alpha value is -1.08. The number of nitrogens with zero attached hydrogens (tertiary/aromatic N) is 1. The van der Waals surface area contributed by atoms with Crippen molar-refractivity contribution in [2.75, 3.05) is 6.54 Å². The molecule has 0 bridgehead atoms. The summed E-state index contributed by atoms with van der Waals surface area (Å²) in [4.78, 5) is 23.9. The Morgan fingerprint density at radius 2 is 2.15 bits per heavy atom. The fourth-order valence-corrected chi connectivity index (χ4v) is 3.15. The Labute approximate surface area is 134 Å². The maximum absolute atomic E-state index is 12.0. The van der Waals surface area contributed by atoms with Gasteiger partial charge in [0.05, 0.1) is 27.5 Å². The normalized spacial score (nSPS) is 17.1. The first-order chi connectivity index (χ1) is 9.40. The van der Waals surface area contributed by atoms with Gasteiger partial charge in [-0.3, -0.25) is 9.69 Å². The van der Waals surface area contributed by atoms with Crippen molar-refractivity contribution >= 4 is 69.5 Å². The number of carboxylic acid groups (broad SMARTS) is 1. The van der Waals surface area contributed by atoms with E-state index in [9.17, 15) is 14.7 Å². The van der Waals surface area contributed by atoms with Crippen LogP contribution in [-0.2, 0) is 9.59 Å². The van der Waals surface area contributed by atoms with Gasteiger partial charge >= 0.3 is 0 Å². The van der Waals surface area contributed by atoms with E-state index in [4.69, 9.17) is 35.4 Å². The molecule has 1 aliphatic heterocycles. The third-order valence-electron chi connectivity index (χ3n) is 2.43. The van der Waals surface area contributed by atoms with Gasteiger partial charge < -0.3 is 9.90 Å². The number of thioether (sulfide) groups is 1. The van der Waals surface area contributed by atoms with Crippen molar-refractivity contribution in [2.45, 2.75) is 0 Å². The third kappa shape index (κ3) is 3.15. The van der Waals surface area contributed by atoms with Crippen LogP contribution in [0.4, 0.5) is 0 Å². The monoisotopic (exact) mass is 346 g/mol. The number of benzene rings is 1. The van der Waals surface area contributed by atoms with Crippen LogP contribution >= 0.6 is 47.2 Å². The lowest BCUT2D eigenvalue weighted by Gasteiger charge is -2.14. The highest BCUT2D eigenvalue weighted by Gasteiger charge is 2.32. The van der Waals surface area contributed by atoms with Crippen molar-refractivity contribution in [2.24, 2.45) is 0 Å². The topological polar surface area (TPSA) is 60.4 Å². The minimum Gasteiger partial charge on any atom is -0.548 e. The molecule has 0 spiro atoms. The van der Waals surface area contributed by atoms with Crippen LogP contribution in [0, 0.1) is 0 Å². The second-order valence-corrected chi connectivity index (χ2v) is 6.24. The number of amides is 1. The SMILES string of the molecule is O=C([O-])CN1C(=O)/C(=C\c2cccc(Cl)c2Cl)SC1=S. The van der Waals surface area contributed by atoms with E-state index in [-0.39, 0.29) is 4.32 Å². The molecule has 0 N–H and O–H groups in total. The first-order valence-electron chi connectivity index (χ1n) is 5.29. The van der Waals surface area contributed by atoms with Crippen LogP contribution in [0.1, 0.15) is 5.56 Å². The van der Waals surface area contributed by atoms with Crippen molar-refractivity contribution in [3.8, 4) is 0 Å². The van der Waals surface area contributed by atoms with Gasteiger partial charge in [-0.2, -0.15) is 0 Å². The van der Waals surface area contributed by atoms with Crippen molar-refractivity contribution < 1.29 is 14.7 Å². The van der Waals surface area contributed by atoms with Crippen LogP contribution in [0.2, 0.25) is 10.0 Å². The molecule has 1 amide bonds. The first-order valence-corrected chi connectivity index (χ1v) is 7.27. The summed E-state index contributed by atoms with van der Waals surface area (Å²) in [6.07, 6.45) is 1.53. The molecule has 0 aromatic heterocycles. The van der Waals surface area contributed by atoms with Gasteiger partial charge in [0.2, 0.25) is 0 Å². The fourth-order valence-electron chi connectivity index (χ4n) is 1.54. The number of hydrogen-bond acceptors (Lipinski definition) is 5. The minimum absolute atomic E-state index is 0.170. The van der Waals surface area contributed by atoms with Crippen LogP contribution in [-0.4, -0.2) is 27.6 Å². The van der Waals surface area contributed by atoms with Crippen LogP contribution in [0.15, 0.2) is 23.1 Å². The van der Waals surface area contributed by atoms with Crippen LogP contribution < -0.4 is 5.11 Å². The van der Waals surface area contributed by atoms with Crippen LogP contribution in [0.5, 0.6) is 0 Å². The number of carbonyl (C=O) groups is 2. The molecule has 1 aromatic rings. The number of aliphatic carboxylic acids is 1. The Morgan fingerprint density at radius 3 is 2.80 bits per heavy atom. The zero-order valence-electron chi connectivity index (χ0n) is 9.76. The highest BCUT2D eigenvalue weighted by Crippen LogP contribution is 2.34. The quantitative estimate of drug-likeness (QED) is 0.618. The van der Waals surface area contributed by atoms with E-state index < -0.39 is 18.4 Å². The molecule has 1 heterocycles. The average Bonchev–Trinajstić information content (AvgIpc) is 2.62. The van der Waals surface area contributed by atoms with Gasteiger partial charge in [0.25, 0.3) is 5.91 Å². The van der Waals surface area contributed by atoms with E-state index in [2.05, 4.69) is 0 Å². The summed E-state index contributed by atoms with van der Waals surface area (Å²) in [7, 11) is 0. The molecule has 104 valence electrons. The standard InChI is InChI=1S/C12H7Cl2NO3S2/c13-7-3-1-2-6(10(7)14)4-8-11(18)15(5-9(16)17)12(19)20-8/h1-4H,5H2,(H,16,17)/p-1/b8-4+. The largest absolute Gasteiger partial charge is 0.548 e. The second kappa shape index (κ2) is 6.13. The fraction of sp³-hybridized carbons (Fsp3) is 0.0833. The van der Waals surface area contributed by atoms with E-state index in [1.165, 1.54) is 6.08 Å². The molecule has 1 aliphatic rings. The number of hydrogen-bond donors (Lipinski definition) is 0. The smallest absolute Gasteiger partial charge is 0.266 e. The number of carbonyl (C=O) groups excluding carboxylic acids is 2. The lowest BCUT2D eigenvalue weighted by molar-refractivity contribution is -0.305. The molecule has 0 atom stereocenters. The predicted octanol–water partition coefficient (Wildman–Crippen LogP) is 1.94. The molecule has 1 saturated heterocycles. The Morgan fingerprint density at radius 1 is 1.45 bits per heavy atom. The Kier molecular flexibility index (Phi) is 4.70. The summed E-state index contributed by atoms with van der Waals surface area (Å²) >= 11 is 17.9. The van der Waals surface area contributed by atoms with Gasteiger partial charge in [0.15, 0.2) is 0 Å². The van der Waals surface area contributed by atoms with E-state index in [1.807, 2.05) is 0 Å². The molecule has 0 unspecified atom stereocenters. The van der Waals surface area contributed by atoms with E-state index in [0.717, 1.165) is 16.7 Å². The molecule has 2 rings (SSSR count). The van der Waals surface area contributed by atoms with Crippen molar-refractivity contribution in [1.82, 2.24) is 4.90 Å². The molecule has 0 saturated carbocycles. The van der Waals surface area contributed by atoms with E-state index in [1.54, 1.807) is 18.2 Å². The zero-order valence-corrected chi connectivity index (χ0v) is 12.9. The summed E-state index contributed by atoms with van der Waals surface area (Å²) in [5, 5.41) is 11.3. The molecule has 4 nitrogen and oxygen atoms in total. The highest BCUT2D eigenvalue weighted by molar-refractivity contribution is 8.26. The van der Waals surface area contributed by atoms with Gasteiger partial charge in [-0.05, 0) is 17.7 Å². The van der Waals surface area contributed by atoms with E-state index in [0.29, 0.717) is 20.5 Å². The average molecular weight is 347 g/mol. The maximum Gasteiger partial charge on any atom is 0.266 e. The summed E-state index contributed by atoms with van der Waals surface area (Å²) in [6, 6.07) is 5.02. The van der Waals surface area contributed by atoms with E-state index >= 15 is 0 Å². The highest BCUT2D eigenvalue weighted by atomic mass is 35.5. The number of halogens is 2. The molecular formula is C12H6Cl2NO3S2-. The van der Waals surface area contributed by atoms with Crippen molar-refractivity contribution in [3.05, 3.63) is 38.7 Å². The lowest BCUT2D eigenvalue weighted by Crippen LogP contribution is -2.40. The van der Waals surface area contributed by atoms with Gasteiger partial charge in [-0.15, -0.1) is 0 Å². The van der Waals surface area contributed by atoms with Gasteiger partial charge in [-0.1, -0.05) is 59.3 Å². The maximum atomic E-state index is 12.0. The molecule has 0 radical (unpaired) electrons. The molecule has 20 heavy (non-hydrogen) atoms. The molecule has 1 fully saturated rings. The summed E-state index contributed by atoms with van der Waals surface area (Å²) in [6.45, 7) is -0.564. The van der Waals surface area contributed by atoms with Crippen molar-refractivity contribution in [1.29, 1.82) is 0 Å². The van der Waals surface area contributed by atoms with Gasteiger partial charge in [0, 0.05) is 0 Å². The molecule has 1 aromatic carbocycles. The summed E-state index contributed by atoms with van der Waals surface area (Å²) < 4.78 is 0.170. The Bertz CT molecular complexity index is 646. The molecule has 8 heteroatoms. The van der Waals surface area contributed by atoms with Crippen LogP contribution in [0.3, 0.4) is 0 Å². The zero-order chi connectivity index (χ0) is 14.9. The second-order valence-electron chi connectivity index (χ2n) is 3.78. The Balaban J connectivity index is 2.32. The summed E-state index contributed by atoms with van der Waals surface area (Å²) in [5.41, 5.74) is 0.563. The van der Waals surface area contributed by atoms with Gasteiger partial charge in [0.1, 0.15) is 4.32 Å². The molecular weight excluding hydrogens is 341 g/mol. The number of carboxylic acids is 1.